The first kappa shape index (κ1) is 22.5. The number of phenolic OH excluding ortho intramolecular Hbond substituents is 2. The van der Waals surface area contributed by atoms with Crippen LogP contribution in [0.3, 0.4) is 0 Å². The summed E-state index contributed by atoms with van der Waals surface area (Å²) in [5, 5.41) is 49.4. The molecule has 0 heterocycles. The number of aromatic hydroxyl groups is 2. The van der Waals surface area contributed by atoms with E-state index in [4.69, 9.17) is 10.2 Å². The van der Waals surface area contributed by atoms with Crippen LogP contribution >= 0.6 is 0 Å². The van der Waals surface area contributed by atoms with E-state index in [9.17, 15) is 34.7 Å². The molecule has 0 saturated heterocycles. The van der Waals surface area contributed by atoms with Crippen LogP contribution in [0.2, 0.25) is 0 Å². The third kappa shape index (κ3) is 4.12. The molecule has 0 aliphatic rings. The maximum atomic E-state index is 13.3. The summed E-state index contributed by atoms with van der Waals surface area (Å²) in [6.07, 6.45) is 0. The Bertz CT molecular complexity index is 502. The van der Waals surface area contributed by atoms with Crippen molar-refractivity contribution in [2.75, 3.05) is 0 Å². The monoisotopic (exact) mass is 343 g/mol. The summed E-state index contributed by atoms with van der Waals surface area (Å²) < 4.78 is 13.3. The zero-order valence-corrected chi connectivity index (χ0v) is 16.3. The van der Waals surface area contributed by atoms with Crippen molar-refractivity contribution < 1.29 is 135 Å². The summed E-state index contributed by atoms with van der Waals surface area (Å²) in [6.45, 7) is 0. The summed E-state index contributed by atoms with van der Waals surface area (Å²) >= 11 is 0. The van der Waals surface area contributed by atoms with Gasteiger partial charge in [-0.3, -0.25) is 30.3 Å². The molecule has 0 atom stereocenters. The van der Waals surface area contributed by atoms with Crippen LogP contribution in [-0.4, -0.2) is 25.0 Å². The van der Waals surface area contributed by atoms with E-state index in [1.807, 2.05) is 0 Å². The Labute approximate surface area is 196 Å². The van der Waals surface area contributed by atoms with Crippen molar-refractivity contribution in [2.45, 2.75) is 0 Å². The average molecular weight is 343 g/mol. The van der Waals surface area contributed by atoms with Crippen LogP contribution in [0.15, 0.2) is 0 Å². The molecule has 0 aromatic heterocycles. The van der Waals surface area contributed by atoms with Crippen molar-refractivity contribution in [3.63, 3.8) is 0 Å². The summed E-state index contributed by atoms with van der Waals surface area (Å²) in [5.74, 6) is -5.78. The van der Waals surface area contributed by atoms with Crippen LogP contribution in [0.5, 0.6) is 11.5 Å². The first-order valence-electron chi connectivity index (χ1n) is 3.90. The molecule has 0 bridgehead atoms. The molecule has 0 saturated carbocycles. The van der Waals surface area contributed by atoms with E-state index in [1.54, 1.807) is 0 Å². The van der Waals surface area contributed by atoms with Crippen LogP contribution in [0, 0.1) is 36.2 Å². The van der Waals surface area contributed by atoms with E-state index in [0.717, 1.165) is 0 Å². The van der Waals surface area contributed by atoms with Crippen molar-refractivity contribution in [3.05, 3.63) is 36.2 Å². The fourth-order valence-corrected chi connectivity index (χ4v) is 1.16. The molecule has 0 aliphatic heterocycles. The molecule has 0 unspecified atom stereocenters. The molecule has 100 valence electrons. The van der Waals surface area contributed by atoms with Gasteiger partial charge in [-0.25, -0.2) is 0 Å². The molecule has 1 rings (SSSR count). The van der Waals surface area contributed by atoms with Crippen LogP contribution in [0.25, 0.3) is 0 Å². The number of nitro benzene ring substituents is 3. The van der Waals surface area contributed by atoms with E-state index in [2.05, 4.69) is 0 Å². The quantitative estimate of drug-likeness (QED) is 0.313. The molecule has 2 N–H and O–H groups in total. The summed E-state index contributed by atoms with van der Waals surface area (Å²) in [4.78, 5) is 26.5. The van der Waals surface area contributed by atoms with Crippen molar-refractivity contribution in [3.8, 4) is 11.5 Å². The minimum absolute atomic E-state index is 0. The van der Waals surface area contributed by atoms with Crippen LogP contribution in [0.4, 0.5) is 21.5 Å². The van der Waals surface area contributed by atoms with Crippen molar-refractivity contribution in [1.29, 1.82) is 0 Å². The maximum Gasteiger partial charge on any atom is 1.00 e. The van der Waals surface area contributed by atoms with Crippen LogP contribution < -0.4 is 103 Å². The smallest absolute Gasteiger partial charge is 1.00 e. The second-order valence-electron chi connectivity index (χ2n) is 2.83. The van der Waals surface area contributed by atoms with Gasteiger partial charge in [0.25, 0.3) is 17.3 Å². The van der Waals surface area contributed by atoms with E-state index < -0.39 is 49.1 Å². The predicted octanol–water partition coefficient (Wildman–Crippen LogP) is -4.81. The minimum atomic E-state index is -2.18. The molecular weight excluding hydrogens is 339 g/mol. The van der Waals surface area contributed by atoms with Gasteiger partial charge in [0.15, 0.2) is 0 Å². The van der Waals surface area contributed by atoms with E-state index in [0.29, 0.717) is 0 Å². The molecule has 20 heavy (non-hydrogen) atoms. The number of benzene rings is 1. The van der Waals surface area contributed by atoms with Gasteiger partial charge in [-0.1, -0.05) is 0 Å². The Morgan fingerprint density at radius 2 is 1.05 bits per heavy atom. The van der Waals surface area contributed by atoms with E-state index >= 15 is 0 Å². The third-order valence-electron chi connectivity index (χ3n) is 1.86. The number of nitro groups is 3. The Balaban J connectivity index is -0.000000405. The SMILES string of the molecule is O=[N+]([O-])c1c(O)c([N+](=O)[O-])c(F)c([N+](=O)[O-])c1O.[H-].[H-].[K+].[K+]. The third-order valence-corrected chi connectivity index (χ3v) is 1.86. The Morgan fingerprint density at radius 3 is 1.25 bits per heavy atom. The Hall–Kier alpha value is 0.223. The first-order valence-corrected chi connectivity index (χ1v) is 3.90. The fraction of sp³-hybridized carbons (Fsp3) is 0. The van der Waals surface area contributed by atoms with Gasteiger partial charge < -0.3 is 13.1 Å². The zero-order valence-electron chi connectivity index (χ0n) is 12.1. The number of halogens is 1. The van der Waals surface area contributed by atoms with Gasteiger partial charge >= 0.3 is 120 Å². The first-order chi connectivity index (χ1) is 8.20. The summed E-state index contributed by atoms with van der Waals surface area (Å²) in [6, 6.07) is 0. The standard InChI is InChI=1S/C6H2FN3O8.2K.2H/c7-1-2(8(13)14)5(11)4(10(17)18)6(12)3(1)9(15)16;;;;/h11-12H;;;;/q;2*+1;2*-1. The number of nitrogens with zero attached hydrogens (tertiary/aromatic N) is 3. The van der Waals surface area contributed by atoms with Gasteiger partial charge in [0.2, 0.25) is 0 Å². The van der Waals surface area contributed by atoms with Crippen molar-refractivity contribution in [1.82, 2.24) is 0 Å². The molecule has 0 aliphatic carbocycles. The van der Waals surface area contributed by atoms with Gasteiger partial charge in [-0.2, -0.15) is 4.39 Å². The molecule has 1 aromatic rings. The number of hydrogen-bond acceptors (Lipinski definition) is 8. The van der Waals surface area contributed by atoms with Crippen molar-refractivity contribution in [2.24, 2.45) is 0 Å². The number of hydrogen-bond donors (Lipinski definition) is 2. The summed E-state index contributed by atoms with van der Waals surface area (Å²) in [5.41, 5.74) is -5.42. The van der Waals surface area contributed by atoms with Gasteiger partial charge in [-0.05, 0) is 0 Å². The molecule has 0 radical (unpaired) electrons. The van der Waals surface area contributed by atoms with Gasteiger partial charge in [0.05, 0.1) is 14.8 Å². The molecule has 0 spiro atoms. The second-order valence-corrected chi connectivity index (χ2v) is 2.83. The molecule has 0 amide bonds. The molecular formula is C6H4FK2N3O8. The van der Waals surface area contributed by atoms with E-state index in [-0.39, 0.29) is 106 Å². The molecule has 0 fully saturated rings. The van der Waals surface area contributed by atoms with Crippen molar-refractivity contribution >= 4 is 17.1 Å². The summed E-state index contributed by atoms with van der Waals surface area (Å²) in [7, 11) is 0. The second kappa shape index (κ2) is 8.61. The average Bonchev–Trinajstić information content (AvgIpc) is 2.14. The van der Waals surface area contributed by atoms with Gasteiger partial charge in [0.1, 0.15) is 0 Å². The Kier molecular flexibility index (Phi) is 9.69. The predicted molar refractivity (Wildman–Crippen MR) is 51.9 cm³/mol. The van der Waals surface area contributed by atoms with E-state index in [1.165, 1.54) is 0 Å². The van der Waals surface area contributed by atoms with Crippen LogP contribution in [0.1, 0.15) is 2.85 Å². The maximum absolute atomic E-state index is 13.3. The Morgan fingerprint density at radius 1 is 0.800 bits per heavy atom. The fourth-order valence-electron chi connectivity index (χ4n) is 1.16. The minimum Gasteiger partial charge on any atom is -1.00 e. The van der Waals surface area contributed by atoms with Crippen LogP contribution in [-0.2, 0) is 0 Å². The number of phenols is 2. The molecule has 14 heteroatoms. The normalized spacial score (nSPS) is 9.05. The molecule has 1 aromatic carbocycles. The number of rotatable bonds is 3. The van der Waals surface area contributed by atoms with Gasteiger partial charge in [-0.15, -0.1) is 0 Å². The molecule has 11 nitrogen and oxygen atoms in total. The van der Waals surface area contributed by atoms with Gasteiger partial charge in [0, 0.05) is 0 Å². The zero-order chi connectivity index (χ0) is 14.2. The topological polar surface area (TPSA) is 170 Å². The largest absolute Gasteiger partial charge is 1.00 e.